The largest absolute Gasteiger partial charge is 0.332 e. The van der Waals surface area contributed by atoms with Crippen molar-refractivity contribution in [3.63, 3.8) is 0 Å². The van der Waals surface area contributed by atoms with Crippen molar-refractivity contribution < 1.29 is 9.59 Å². The van der Waals surface area contributed by atoms with Crippen molar-refractivity contribution in [1.29, 1.82) is 0 Å². The number of carbonyl (C=O) groups excluding carboxylic acids is 2. The lowest BCUT2D eigenvalue weighted by Gasteiger charge is -2.25. The molecule has 6 heteroatoms. The van der Waals surface area contributed by atoms with Crippen molar-refractivity contribution >= 4 is 49.7 Å². The molecule has 0 bridgehead atoms. The Bertz CT molecular complexity index is 346. The molecule has 1 amide bonds. The fraction of sp³-hybridized carbons (Fsp3) is 0.750. The van der Waals surface area contributed by atoms with E-state index in [4.69, 9.17) is 12.2 Å². The van der Waals surface area contributed by atoms with Crippen molar-refractivity contribution in [3.8, 4) is 0 Å². The zero-order chi connectivity index (χ0) is 13.7. The van der Waals surface area contributed by atoms with Gasteiger partial charge in [-0.15, -0.1) is 0 Å². The lowest BCUT2D eigenvalue weighted by Crippen LogP contribution is -2.42. The summed E-state index contributed by atoms with van der Waals surface area (Å²) < 4.78 is 0.877. The topological polar surface area (TPSA) is 37.4 Å². The zero-order valence-corrected chi connectivity index (χ0v) is 13.4. The van der Waals surface area contributed by atoms with Crippen LogP contribution in [0.1, 0.15) is 33.6 Å². The molecule has 0 spiro atoms. The number of likely N-dealkylation sites (tertiary alicyclic amines) is 1. The maximum absolute atomic E-state index is 12.3. The number of hydrogen-bond acceptors (Lipinski definition) is 5. The smallest absolute Gasteiger partial charge is 0.226 e. The number of thiocarbonyl (C=S) groups is 1. The molecule has 0 aromatic rings. The normalized spacial score (nSPS) is 20.8. The minimum atomic E-state index is -0.190. The van der Waals surface area contributed by atoms with Crippen molar-refractivity contribution in [1.82, 2.24) is 4.90 Å². The van der Waals surface area contributed by atoms with Gasteiger partial charge in [-0.25, -0.2) is 0 Å². The third-order valence-corrected chi connectivity index (χ3v) is 5.99. The summed E-state index contributed by atoms with van der Waals surface area (Å²) >= 11 is 4.98. The first-order valence-electron chi connectivity index (χ1n) is 6.04. The first kappa shape index (κ1) is 16.0. The zero-order valence-electron chi connectivity index (χ0n) is 11.0. The van der Waals surface area contributed by atoms with E-state index in [9.17, 15) is 9.59 Å². The molecule has 2 atom stereocenters. The first-order chi connectivity index (χ1) is 8.43. The van der Waals surface area contributed by atoms with Gasteiger partial charge >= 0.3 is 0 Å². The summed E-state index contributed by atoms with van der Waals surface area (Å²) in [7, 11) is 3.15. The number of Topliss-reactive ketones (excluding diaryl/α,β-unsaturated/α-hetero) is 1. The summed E-state index contributed by atoms with van der Waals surface area (Å²) in [6.45, 7) is 6.09. The van der Waals surface area contributed by atoms with E-state index in [1.807, 2.05) is 13.8 Å². The van der Waals surface area contributed by atoms with Crippen LogP contribution in [0.4, 0.5) is 0 Å². The van der Waals surface area contributed by atoms with Crippen LogP contribution in [0.5, 0.6) is 0 Å². The van der Waals surface area contributed by atoms with Gasteiger partial charge in [-0.2, -0.15) is 0 Å². The van der Waals surface area contributed by atoms with Crippen LogP contribution in [0.2, 0.25) is 0 Å². The van der Waals surface area contributed by atoms with Crippen LogP contribution in [-0.2, 0) is 9.59 Å². The van der Waals surface area contributed by atoms with E-state index in [1.54, 1.807) is 22.6 Å². The van der Waals surface area contributed by atoms with Crippen molar-refractivity contribution in [2.75, 3.05) is 12.3 Å². The minimum Gasteiger partial charge on any atom is -0.332 e. The molecule has 0 unspecified atom stereocenters. The van der Waals surface area contributed by atoms with Crippen molar-refractivity contribution in [2.45, 2.75) is 39.7 Å². The summed E-state index contributed by atoms with van der Waals surface area (Å²) in [5, 5.41) is 0. The van der Waals surface area contributed by atoms with Gasteiger partial charge in [0.15, 0.2) is 5.78 Å². The Morgan fingerprint density at radius 2 is 2.11 bits per heavy atom. The molecule has 1 aliphatic heterocycles. The molecule has 1 saturated heterocycles. The Morgan fingerprint density at radius 3 is 2.67 bits per heavy atom. The highest BCUT2D eigenvalue weighted by molar-refractivity contribution is 8.83. The number of carbonyl (C=O) groups is 2. The van der Waals surface area contributed by atoms with Gasteiger partial charge in [0.25, 0.3) is 0 Å². The Labute approximate surface area is 122 Å². The lowest BCUT2D eigenvalue weighted by atomic mass is 10.1. The van der Waals surface area contributed by atoms with Gasteiger partial charge in [-0.1, -0.05) is 40.7 Å². The predicted molar refractivity (Wildman–Crippen MR) is 82.9 cm³/mol. The summed E-state index contributed by atoms with van der Waals surface area (Å²) in [4.78, 5) is 25.5. The minimum absolute atomic E-state index is 0.0585. The third kappa shape index (κ3) is 4.55. The van der Waals surface area contributed by atoms with Crippen LogP contribution in [0, 0.1) is 5.92 Å². The first-order valence-corrected chi connectivity index (χ1v) is 8.77. The second-order valence-corrected chi connectivity index (χ2v) is 7.99. The van der Waals surface area contributed by atoms with Gasteiger partial charge < -0.3 is 4.90 Å². The molecule has 0 aliphatic carbocycles. The second-order valence-electron chi connectivity index (χ2n) is 4.56. The van der Waals surface area contributed by atoms with Crippen molar-refractivity contribution in [2.24, 2.45) is 5.92 Å². The molecule has 1 heterocycles. The van der Waals surface area contributed by atoms with Crippen LogP contribution in [0.25, 0.3) is 0 Å². The highest BCUT2D eigenvalue weighted by Crippen LogP contribution is 2.27. The molecule has 102 valence electrons. The average molecular weight is 305 g/mol. The van der Waals surface area contributed by atoms with Crippen LogP contribution < -0.4 is 0 Å². The fourth-order valence-electron chi connectivity index (χ4n) is 2.03. The Morgan fingerprint density at radius 1 is 1.44 bits per heavy atom. The number of ketones is 1. The van der Waals surface area contributed by atoms with E-state index >= 15 is 0 Å². The van der Waals surface area contributed by atoms with Gasteiger partial charge in [0.1, 0.15) is 0 Å². The van der Waals surface area contributed by atoms with Crippen LogP contribution >= 0.6 is 33.8 Å². The van der Waals surface area contributed by atoms with E-state index in [-0.39, 0.29) is 23.7 Å². The molecule has 0 radical (unpaired) electrons. The molecule has 1 aliphatic rings. The molecule has 0 aromatic carbocycles. The van der Waals surface area contributed by atoms with E-state index < -0.39 is 0 Å². The Hall–Kier alpha value is -0.0700. The van der Waals surface area contributed by atoms with Crippen LogP contribution in [-0.4, -0.2) is 39.1 Å². The number of rotatable bonds is 5. The van der Waals surface area contributed by atoms with E-state index in [2.05, 4.69) is 0 Å². The molecule has 1 rings (SSSR count). The summed E-state index contributed by atoms with van der Waals surface area (Å²) in [6, 6.07) is -0.190. The SMILES string of the molecule is CC(=O)[C@@H]1CCCN1C(=O)[C@H](C)CSSC(C)=S. The van der Waals surface area contributed by atoms with Gasteiger partial charge in [-0.05, 0) is 26.7 Å². The van der Waals surface area contributed by atoms with Crippen LogP contribution in [0.3, 0.4) is 0 Å². The van der Waals surface area contributed by atoms with E-state index in [0.29, 0.717) is 0 Å². The number of nitrogens with zero attached hydrogens (tertiary/aromatic N) is 1. The monoisotopic (exact) mass is 305 g/mol. The maximum atomic E-state index is 12.3. The third-order valence-electron chi connectivity index (χ3n) is 2.92. The molecule has 0 saturated carbocycles. The van der Waals surface area contributed by atoms with Crippen molar-refractivity contribution in [3.05, 3.63) is 0 Å². The van der Waals surface area contributed by atoms with Gasteiger partial charge in [0.05, 0.1) is 10.2 Å². The fourth-order valence-corrected chi connectivity index (χ4v) is 4.35. The summed E-state index contributed by atoms with van der Waals surface area (Å²) in [5.41, 5.74) is 0. The highest BCUT2D eigenvalue weighted by Gasteiger charge is 2.33. The lowest BCUT2D eigenvalue weighted by molar-refractivity contribution is -0.139. The van der Waals surface area contributed by atoms with E-state index in [0.717, 1.165) is 29.3 Å². The molecule has 18 heavy (non-hydrogen) atoms. The quantitative estimate of drug-likeness (QED) is 0.577. The van der Waals surface area contributed by atoms with Gasteiger partial charge in [0.2, 0.25) is 5.91 Å². The summed E-state index contributed by atoms with van der Waals surface area (Å²) in [5.74, 6) is 0.878. The second kappa shape index (κ2) is 7.50. The van der Waals surface area contributed by atoms with Gasteiger partial charge in [-0.3, -0.25) is 9.59 Å². The molecule has 0 aromatic heterocycles. The summed E-state index contributed by atoms with van der Waals surface area (Å²) in [6.07, 6.45) is 1.75. The Balaban J connectivity index is 2.47. The standard InChI is InChI=1S/C12H19NO2S3/c1-8(7-17-18-10(3)16)12(15)13-6-4-5-11(13)9(2)14/h8,11H,4-7H2,1-3H3/t8-,11+/m1/s1. The molecule has 0 N–H and O–H groups in total. The molecular weight excluding hydrogens is 286 g/mol. The average Bonchev–Trinajstić information content (AvgIpc) is 2.76. The highest BCUT2D eigenvalue weighted by atomic mass is 33.1. The number of amides is 1. The van der Waals surface area contributed by atoms with Gasteiger partial charge in [0, 0.05) is 18.2 Å². The maximum Gasteiger partial charge on any atom is 0.226 e. The number of hydrogen-bond donors (Lipinski definition) is 0. The predicted octanol–water partition coefficient (Wildman–Crippen LogP) is 2.93. The molecular formula is C12H19NO2S3. The Kier molecular flexibility index (Phi) is 6.66. The molecule has 3 nitrogen and oxygen atoms in total. The molecule has 1 fully saturated rings. The van der Waals surface area contributed by atoms with E-state index in [1.165, 1.54) is 10.8 Å². The van der Waals surface area contributed by atoms with Crippen LogP contribution in [0.15, 0.2) is 0 Å².